The molecular weight excluding hydrogens is 231 g/mol. The summed E-state index contributed by atoms with van der Waals surface area (Å²) in [6, 6.07) is 2.97. The SMILES string of the molecule is CC(C)C(C#N)C(=O)c1cc(F)c(F)c(F)c1. The van der Waals surface area contributed by atoms with Crippen LogP contribution in [0.4, 0.5) is 13.2 Å². The average molecular weight is 241 g/mol. The van der Waals surface area contributed by atoms with Crippen molar-refractivity contribution < 1.29 is 18.0 Å². The molecule has 0 aromatic heterocycles. The molecule has 0 saturated heterocycles. The Labute approximate surface area is 96.7 Å². The highest BCUT2D eigenvalue weighted by Gasteiger charge is 2.25. The normalized spacial score (nSPS) is 12.3. The minimum Gasteiger partial charge on any atom is -0.293 e. The summed E-state index contributed by atoms with van der Waals surface area (Å²) in [4.78, 5) is 11.8. The van der Waals surface area contributed by atoms with Gasteiger partial charge in [0.05, 0.1) is 6.07 Å². The zero-order valence-corrected chi connectivity index (χ0v) is 9.30. The first-order chi connectivity index (χ1) is 7.88. The van der Waals surface area contributed by atoms with Crippen LogP contribution in [0.25, 0.3) is 0 Å². The number of rotatable bonds is 3. The topological polar surface area (TPSA) is 40.9 Å². The van der Waals surface area contributed by atoms with Gasteiger partial charge in [-0.25, -0.2) is 13.2 Å². The molecule has 0 heterocycles. The van der Waals surface area contributed by atoms with Crippen LogP contribution >= 0.6 is 0 Å². The third-order valence-corrected chi connectivity index (χ3v) is 2.36. The van der Waals surface area contributed by atoms with E-state index < -0.39 is 29.2 Å². The molecule has 2 nitrogen and oxygen atoms in total. The lowest BCUT2D eigenvalue weighted by Gasteiger charge is -2.11. The highest BCUT2D eigenvalue weighted by Crippen LogP contribution is 2.20. The lowest BCUT2D eigenvalue weighted by atomic mass is 9.89. The van der Waals surface area contributed by atoms with E-state index in [4.69, 9.17) is 5.26 Å². The molecule has 0 aliphatic heterocycles. The minimum absolute atomic E-state index is 0.288. The Balaban J connectivity index is 3.18. The van der Waals surface area contributed by atoms with Crippen LogP contribution in [0.3, 0.4) is 0 Å². The fourth-order valence-corrected chi connectivity index (χ4v) is 1.39. The van der Waals surface area contributed by atoms with Crippen molar-refractivity contribution in [3.63, 3.8) is 0 Å². The molecule has 17 heavy (non-hydrogen) atoms. The van der Waals surface area contributed by atoms with E-state index in [1.54, 1.807) is 19.9 Å². The molecule has 0 fully saturated rings. The first kappa shape index (κ1) is 13.2. The van der Waals surface area contributed by atoms with E-state index in [9.17, 15) is 18.0 Å². The Morgan fingerprint density at radius 2 is 1.71 bits per heavy atom. The van der Waals surface area contributed by atoms with E-state index in [1.165, 1.54) is 0 Å². The number of halogens is 3. The lowest BCUT2D eigenvalue weighted by Crippen LogP contribution is -2.19. The van der Waals surface area contributed by atoms with Crippen LogP contribution in [0.1, 0.15) is 24.2 Å². The van der Waals surface area contributed by atoms with E-state index in [0.717, 1.165) is 0 Å². The molecule has 0 amide bonds. The van der Waals surface area contributed by atoms with E-state index in [-0.39, 0.29) is 11.5 Å². The van der Waals surface area contributed by atoms with Crippen molar-refractivity contribution in [3.8, 4) is 6.07 Å². The van der Waals surface area contributed by atoms with E-state index in [0.29, 0.717) is 12.1 Å². The molecule has 1 unspecified atom stereocenters. The quantitative estimate of drug-likeness (QED) is 0.602. The van der Waals surface area contributed by atoms with Crippen LogP contribution in [-0.2, 0) is 0 Å². The van der Waals surface area contributed by atoms with Gasteiger partial charge in [-0.1, -0.05) is 13.8 Å². The van der Waals surface area contributed by atoms with Crippen LogP contribution < -0.4 is 0 Å². The Morgan fingerprint density at radius 3 is 2.06 bits per heavy atom. The molecule has 1 atom stereocenters. The highest BCUT2D eigenvalue weighted by atomic mass is 19.2. The third kappa shape index (κ3) is 2.64. The lowest BCUT2D eigenvalue weighted by molar-refractivity contribution is 0.0923. The smallest absolute Gasteiger partial charge is 0.194 e. The summed E-state index contributed by atoms with van der Waals surface area (Å²) in [5, 5.41) is 8.79. The predicted molar refractivity (Wildman–Crippen MR) is 54.6 cm³/mol. The van der Waals surface area contributed by atoms with Gasteiger partial charge in [-0.3, -0.25) is 4.79 Å². The van der Waals surface area contributed by atoms with E-state index in [1.807, 2.05) is 0 Å². The second-order valence-electron chi connectivity index (χ2n) is 3.97. The second kappa shape index (κ2) is 5.00. The number of nitrogens with zero attached hydrogens (tertiary/aromatic N) is 1. The number of benzene rings is 1. The largest absolute Gasteiger partial charge is 0.293 e. The number of Topliss-reactive ketones (excluding diaryl/α,β-unsaturated/α-hetero) is 1. The van der Waals surface area contributed by atoms with Crippen molar-refractivity contribution >= 4 is 5.78 Å². The van der Waals surface area contributed by atoms with Gasteiger partial charge in [0.1, 0.15) is 5.92 Å². The van der Waals surface area contributed by atoms with Gasteiger partial charge in [0.25, 0.3) is 0 Å². The monoisotopic (exact) mass is 241 g/mol. The molecule has 5 heteroatoms. The van der Waals surface area contributed by atoms with Crippen molar-refractivity contribution in [2.45, 2.75) is 13.8 Å². The number of nitriles is 1. The minimum atomic E-state index is -1.63. The fraction of sp³-hybridized carbons (Fsp3) is 0.333. The zero-order chi connectivity index (χ0) is 13.2. The standard InChI is InChI=1S/C12H10F3NO/c1-6(2)8(5-16)12(17)7-3-9(13)11(15)10(14)4-7/h3-4,6,8H,1-2H3. The van der Waals surface area contributed by atoms with Crippen LogP contribution in [-0.4, -0.2) is 5.78 Å². The first-order valence-electron chi connectivity index (χ1n) is 4.96. The molecule has 0 bridgehead atoms. The molecule has 1 rings (SSSR count). The van der Waals surface area contributed by atoms with Crippen molar-refractivity contribution in [2.24, 2.45) is 11.8 Å². The maximum absolute atomic E-state index is 12.9. The molecular formula is C12H10F3NO. The van der Waals surface area contributed by atoms with Gasteiger partial charge in [-0.2, -0.15) is 5.26 Å². The summed E-state index contributed by atoms with van der Waals surface area (Å²) in [5.74, 6) is -6.49. The Kier molecular flexibility index (Phi) is 3.89. The average Bonchev–Trinajstić information content (AvgIpc) is 2.25. The molecule has 0 aliphatic carbocycles. The van der Waals surface area contributed by atoms with E-state index in [2.05, 4.69) is 0 Å². The van der Waals surface area contributed by atoms with Gasteiger partial charge < -0.3 is 0 Å². The van der Waals surface area contributed by atoms with Crippen LogP contribution in [0.2, 0.25) is 0 Å². The molecule has 0 radical (unpaired) electrons. The molecule has 0 N–H and O–H groups in total. The van der Waals surface area contributed by atoms with Gasteiger partial charge in [-0.05, 0) is 18.1 Å². The third-order valence-electron chi connectivity index (χ3n) is 2.36. The number of hydrogen-bond acceptors (Lipinski definition) is 2. The molecule has 0 spiro atoms. The molecule has 0 saturated carbocycles. The first-order valence-corrected chi connectivity index (χ1v) is 4.96. The van der Waals surface area contributed by atoms with E-state index >= 15 is 0 Å². The molecule has 90 valence electrons. The van der Waals surface area contributed by atoms with Crippen LogP contribution in [0.15, 0.2) is 12.1 Å². The van der Waals surface area contributed by atoms with Gasteiger partial charge in [0.2, 0.25) is 0 Å². The van der Waals surface area contributed by atoms with Crippen molar-refractivity contribution in [1.29, 1.82) is 5.26 Å². The zero-order valence-electron chi connectivity index (χ0n) is 9.30. The second-order valence-corrected chi connectivity index (χ2v) is 3.97. The Hall–Kier alpha value is -1.83. The van der Waals surface area contributed by atoms with Gasteiger partial charge in [-0.15, -0.1) is 0 Å². The number of carbonyl (C=O) groups excluding carboxylic acids is 1. The molecule has 1 aromatic carbocycles. The molecule has 0 aliphatic rings. The maximum Gasteiger partial charge on any atom is 0.194 e. The van der Waals surface area contributed by atoms with Crippen LogP contribution in [0.5, 0.6) is 0 Å². The molecule has 1 aromatic rings. The van der Waals surface area contributed by atoms with Crippen LogP contribution in [0, 0.1) is 40.6 Å². The summed E-state index contributed by atoms with van der Waals surface area (Å²) in [7, 11) is 0. The number of carbonyl (C=O) groups is 1. The summed E-state index contributed by atoms with van der Waals surface area (Å²) in [5.41, 5.74) is -0.332. The van der Waals surface area contributed by atoms with Crippen molar-refractivity contribution in [2.75, 3.05) is 0 Å². The summed E-state index contributed by atoms with van der Waals surface area (Å²) in [6.07, 6.45) is 0. The van der Waals surface area contributed by atoms with Gasteiger partial charge in [0, 0.05) is 5.56 Å². The predicted octanol–water partition coefficient (Wildman–Crippen LogP) is 3.08. The van der Waals surface area contributed by atoms with Gasteiger partial charge in [0.15, 0.2) is 23.2 Å². The summed E-state index contributed by atoms with van der Waals surface area (Å²) >= 11 is 0. The Morgan fingerprint density at radius 1 is 1.24 bits per heavy atom. The highest BCUT2D eigenvalue weighted by molar-refractivity contribution is 5.99. The van der Waals surface area contributed by atoms with Crippen molar-refractivity contribution in [1.82, 2.24) is 0 Å². The maximum atomic E-state index is 12.9. The fourth-order valence-electron chi connectivity index (χ4n) is 1.39. The number of hydrogen-bond donors (Lipinski definition) is 0. The summed E-state index contributed by atoms with van der Waals surface area (Å²) in [6.45, 7) is 3.28. The van der Waals surface area contributed by atoms with Crippen molar-refractivity contribution in [3.05, 3.63) is 35.1 Å². The van der Waals surface area contributed by atoms with Gasteiger partial charge >= 0.3 is 0 Å². The summed E-state index contributed by atoms with van der Waals surface area (Å²) < 4.78 is 38.5. The Bertz CT molecular complexity index is 468. The number of ketones is 1.